The van der Waals surface area contributed by atoms with Crippen LogP contribution >= 0.6 is 35.1 Å². The Bertz CT molecular complexity index is 1600. The van der Waals surface area contributed by atoms with E-state index in [1.807, 2.05) is 99.7 Å². The molecule has 1 saturated heterocycles. The summed E-state index contributed by atoms with van der Waals surface area (Å²) >= 11 is 13.4. The van der Waals surface area contributed by atoms with Crippen molar-refractivity contribution in [3.8, 4) is 11.3 Å². The number of carbonyl (C=O) groups excluding carboxylic acids is 1. The van der Waals surface area contributed by atoms with Gasteiger partial charge >= 0.3 is 0 Å². The second-order valence-corrected chi connectivity index (χ2v) is 11.2. The van der Waals surface area contributed by atoms with Crippen LogP contribution < -0.4 is 15.4 Å². The van der Waals surface area contributed by atoms with Crippen LogP contribution in [0.1, 0.15) is 31.1 Å². The molecular formula is C36H40Cl2N4O2S. The zero-order valence-electron chi connectivity index (χ0n) is 25.9. The first-order valence-electron chi connectivity index (χ1n) is 14.1. The number of rotatable bonds is 5. The number of hydrogen-bond acceptors (Lipinski definition) is 6. The number of allylic oxidation sites excluding steroid dienone is 4. The first-order chi connectivity index (χ1) is 21.7. The molecule has 1 amide bonds. The first kappa shape index (κ1) is 37.2. The minimum Gasteiger partial charge on any atom is -0.399 e. The van der Waals surface area contributed by atoms with E-state index >= 15 is 0 Å². The fraction of sp³-hybridized carbons (Fsp3) is 0.167. The first-order valence-corrected chi connectivity index (χ1v) is 15.8. The molecule has 5 rings (SSSR count). The minimum atomic E-state index is -0.175. The summed E-state index contributed by atoms with van der Waals surface area (Å²) in [6, 6.07) is 24.9. The van der Waals surface area contributed by atoms with E-state index in [0.717, 1.165) is 39.4 Å². The molecule has 236 valence electrons. The van der Waals surface area contributed by atoms with E-state index in [9.17, 15) is 4.79 Å². The third-order valence-corrected chi connectivity index (χ3v) is 7.55. The van der Waals surface area contributed by atoms with Gasteiger partial charge in [0.1, 0.15) is 5.94 Å². The minimum absolute atomic E-state index is 0.175. The van der Waals surface area contributed by atoms with Gasteiger partial charge in [-0.15, -0.1) is 13.2 Å². The van der Waals surface area contributed by atoms with E-state index in [2.05, 4.69) is 29.4 Å². The van der Waals surface area contributed by atoms with E-state index in [1.165, 1.54) is 0 Å². The Hall–Kier alpha value is -4.01. The molecule has 0 radical (unpaired) electrons. The molecule has 0 saturated carbocycles. The van der Waals surface area contributed by atoms with Gasteiger partial charge in [-0.1, -0.05) is 66.2 Å². The fourth-order valence-electron chi connectivity index (χ4n) is 3.79. The second-order valence-electron chi connectivity index (χ2n) is 9.29. The molecular weight excluding hydrogens is 623 g/mol. The van der Waals surface area contributed by atoms with E-state index in [4.69, 9.17) is 38.7 Å². The normalized spacial score (nSPS) is 12.6. The van der Waals surface area contributed by atoms with Crippen molar-refractivity contribution in [3.05, 3.63) is 138 Å². The molecule has 6 nitrogen and oxygen atoms in total. The van der Waals surface area contributed by atoms with Crippen molar-refractivity contribution in [1.29, 1.82) is 0 Å². The van der Waals surface area contributed by atoms with Crippen LogP contribution in [0.15, 0.2) is 128 Å². The third kappa shape index (κ3) is 12.5. The number of nitrogens with one attached hydrogen (secondary N) is 1. The summed E-state index contributed by atoms with van der Waals surface area (Å²) in [5.74, 6) is 0.471. The highest BCUT2D eigenvalue weighted by atomic mass is 35.5. The number of nitrogens with two attached hydrogens (primary N) is 1. The summed E-state index contributed by atoms with van der Waals surface area (Å²) in [6.45, 7) is 16.6. The fourth-order valence-corrected chi connectivity index (χ4v) is 4.80. The van der Waals surface area contributed by atoms with Crippen molar-refractivity contribution in [2.45, 2.75) is 20.8 Å². The standard InChI is InChI=1S/C25H20ClN3O2S.C5H9N.C4H7Cl.C2H4/c26-22-11-8-19(15-21(22)24-12-7-17-3-1-2-4-23(17)28-24)27-25(30)18-5-9-20(10-6-18)29-13-14-31-16-32-29;1-3-4-5(2)6;1-3-4(2)5;1-2/h1-12,15H,13-14,16H2,(H,27,30);3-4H,2,6H2,1H3;3H,1-2H3;1-2H2/b;4-3-;4-3+;. The van der Waals surface area contributed by atoms with Gasteiger partial charge in [0, 0.05) is 38.6 Å². The predicted octanol–water partition coefficient (Wildman–Crippen LogP) is 10.2. The molecule has 3 aromatic carbocycles. The van der Waals surface area contributed by atoms with Crippen LogP contribution in [0.25, 0.3) is 22.2 Å². The molecule has 1 fully saturated rings. The lowest BCUT2D eigenvalue weighted by Gasteiger charge is -2.27. The largest absolute Gasteiger partial charge is 0.399 e. The summed E-state index contributed by atoms with van der Waals surface area (Å²) in [5.41, 5.74) is 10.5. The molecule has 1 aliphatic rings. The number of carbonyl (C=O) groups is 1. The number of anilines is 2. The molecule has 0 atom stereocenters. The van der Waals surface area contributed by atoms with Gasteiger partial charge in [0.05, 0.1) is 29.4 Å². The smallest absolute Gasteiger partial charge is 0.255 e. The lowest BCUT2D eigenvalue weighted by Crippen LogP contribution is -2.26. The quantitative estimate of drug-likeness (QED) is 0.126. The maximum Gasteiger partial charge on any atom is 0.255 e. The van der Waals surface area contributed by atoms with Gasteiger partial charge in [-0.3, -0.25) is 4.79 Å². The van der Waals surface area contributed by atoms with E-state index < -0.39 is 0 Å². The van der Waals surface area contributed by atoms with Crippen molar-refractivity contribution in [1.82, 2.24) is 4.98 Å². The summed E-state index contributed by atoms with van der Waals surface area (Å²) < 4.78 is 7.54. The van der Waals surface area contributed by atoms with Crippen LogP contribution in [0.3, 0.4) is 0 Å². The highest BCUT2D eigenvalue weighted by Crippen LogP contribution is 2.31. The predicted molar refractivity (Wildman–Crippen MR) is 197 cm³/mol. The van der Waals surface area contributed by atoms with Gasteiger partial charge in [0.2, 0.25) is 0 Å². The number of ether oxygens (including phenoxy) is 1. The molecule has 0 spiro atoms. The molecule has 0 bridgehead atoms. The van der Waals surface area contributed by atoms with Crippen LogP contribution in [-0.4, -0.2) is 30.0 Å². The highest BCUT2D eigenvalue weighted by Gasteiger charge is 2.14. The molecule has 2 heterocycles. The lowest BCUT2D eigenvalue weighted by molar-refractivity contribution is 0.102. The molecule has 1 aliphatic heterocycles. The number of aromatic nitrogens is 1. The van der Waals surface area contributed by atoms with Crippen LogP contribution in [0.2, 0.25) is 5.02 Å². The van der Waals surface area contributed by atoms with Crippen LogP contribution in [0.4, 0.5) is 11.4 Å². The Morgan fingerprint density at radius 3 is 2.33 bits per heavy atom. The van der Waals surface area contributed by atoms with E-state index in [0.29, 0.717) is 34.5 Å². The Morgan fingerprint density at radius 2 is 1.76 bits per heavy atom. The number of hydrogen-bond donors (Lipinski definition) is 2. The lowest BCUT2D eigenvalue weighted by atomic mass is 10.1. The average Bonchev–Trinajstić information content (AvgIpc) is 3.07. The van der Waals surface area contributed by atoms with Gasteiger partial charge in [-0.05, 0) is 93.4 Å². The number of halogens is 2. The molecule has 3 N–H and O–H groups in total. The molecule has 1 aromatic heterocycles. The number of pyridine rings is 1. The summed E-state index contributed by atoms with van der Waals surface area (Å²) in [6.07, 6.45) is 5.45. The topological polar surface area (TPSA) is 80.5 Å². The molecule has 0 aliphatic carbocycles. The van der Waals surface area contributed by atoms with Crippen LogP contribution in [-0.2, 0) is 4.74 Å². The Kier molecular flexibility index (Phi) is 16.6. The van der Waals surface area contributed by atoms with Gasteiger partial charge in [0.25, 0.3) is 5.91 Å². The molecule has 0 unspecified atom stereocenters. The van der Waals surface area contributed by atoms with Gasteiger partial charge < -0.3 is 20.1 Å². The number of para-hydroxylation sites is 1. The number of amides is 1. The number of fused-ring (bicyclic) bond motifs is 1. The number of nitrogens with zero attached hydrogens (tertiary/aromatic N) is 2. The molecule has 9 heteroatoms. The monoisotopic (exact) mass is 662 g/mol. The van der Waals surface area contributed by atoms with Crippen LogP contribution in [0, 0.1) is 0 Å². The number of benzene rings is 3. The highest BCUT2D eigenvalue weighted by molar-refractivity contribution is 8.00. The SMILES string of the molecule is C/C=C(\C)Cl.C=C.C=C(N)/C=C\C.O=C(Nc1ccc(Cl)c(-c2ccc3ccccc3n2)c1)c1ccc(N2CCOCS2)cc1. The van der Waals surface area contributed by atoms with Gasteiger partial charge in [0.15, 0.2) is 0 Å². The van der Waals surface area contributed by atoms with Crippen molar-refractivity contribution in [2.75, 3.05) is 28.7 Å². The van der Waals surface area contributed by atoms with E-state index in [1.54, 1.807) is 30.2 Å². The van der Waals surface area contributed by atoms with Crippen molar-refractivity contribution in [2.24, 2.45) is 5.73 Å². The van der Waals surface area contributed by atoms with Crippen LogP contribution in [0.5, 0.6) is 0 Å². The van der Waals surface area contributed by atoms with Gasteiger partial charge in [-0.2, -0.15) is 0 Å². The Labute approximate surface area is 281 Å². The summed E-state index contributed by atoms with van der Waals surface area (Å²) in [4.78, 5) is 17.5. The molecule has 45 heavy (non-hydrogen) atoms. The maximum atomic E-state index is 12.8. The average molecular weight is 664 g/mol. The Morgan fingerprint density at radius 1 is 1.07 bits per heavy atom. The maximum absolute atomic E-state index is 12.8. The van der Waals surface area contributed by atoms with Gasteiger partial charge in [-0.25, -0.2) is 4.98 Å². The van der Waals surface area contributed by atoms with Crippen molar-refractivity contribution >= 4 is 63.3 Å². The Balaban J connectivity index is 0.000000463. The van der Waals surface area contributed by atoms with Crippen molar-refractivity contribution in [3.63, 3.8) is 0 Å². The van der Waals surface area contributed by atoms with E-state index in [-0.39, 0.29) is 5.91 Å². The zero-order chi connectivity index (χ0) is 33.2. The molecule has 4 aromatic rings. The second kappa shape index (κ2) is 20.1. The van der Waals surface area contributed by atoms with Crippen molar-refractivity contribution < 1.29 is 9.53 Å². The zero-order valence-corrected chi connectivity index (χ0v) is 28.3. The summed E-state index contributed by atoms with van der Waals surface area (Å²) in [5, 5.41) is 5.47. The third-order valence-electron chi connectivity index (χ3n) is 6.03. The summed E-state index contributed by atoms with van der Waals surface area (Å²) in [7, 11) is 0.